The van der Waals surface area contributed by atoms with Crippen LogP contribution in [0.25, 0.3) is 0 Å². The lowest BCUT2D eigenvalue weighted by atomic mass is 9.93. The molecule has 0 N–H and O–H groups in total. The SMILES string of the molecule is O=S(=O)(Cc1ccccc1)N1CCN(C[C@H]2C[C@@H]3C=C[C@@H]2C3)CC1. The zero-order valence-electron chi connectivity index (χ0n) is 14.0. The van der Waals surface area contributed by atoms with Crippen LogP contribution < -0.4 is 0 Å². The molecule has 0 amide bonds. The van der Waals surface area contributed by atoms with Crippen LogP contribution in [0.5, 0.6) is 0 Å². The van der Waals surface area contributed by atoms with Crippen molar-refractivity contribution in [3.8, 4) is 0 Å². The lowest BCUT2D eigenvalue weighted by molar-refractivity contribution is 0.156. The van der Waals surface area contributed by atoms with E-state index in [1.54, 1.807) is 4.31 Å². The molecule has 2 bridgehead atoms. The van der Waals surface area contributed by atoms with Gasteiger partial charge in [-0.1, -0.05) is 42.5 Å². The van der Waals surface area contributed by atoms with E-state index in [2.05, 4.69) is 17.1 Å². The molecule has 4 rings (SSSR count). The summed E-state index contributed by atoms with van der Waals surface area (Å²) < 4.78 is 26.9. The standard InChI is InChI=1S/C19H26N2O2S/c22-24(23,15-16-4-2-1-3-5-16)21-10-8-20(9-11-21)14-19-13-17-6-7-18(19)12-17/h1-7,17-19H,8-15H2/t17-,18-,19-/m1/s1. The second kappa shape index (κ2) is 6.62. The van der Waals surface area contributed by atoms with Crippen molar-refractivity contribution in [1.29, 1.82) is 0 Å². The molecular weight excluding hydrogens is 320 g/mol. The van der Waals surface area contributed by atoms with Gasteiger partial charge in [-0.25, -0.2) is 8.42 Å². The average molecular weight is 346 g/mol. The van der Waals surface area contributed by atoms with Gasteiger partial charge in [-0.2, -0.15) is 4.31 Å². The van der Waals surface area contributed by atoms with Gasteiger partial charge in [0, 0.05) is 32.7 Å². The van der Waals surface area contributed by atoms with E-state index < -0.39 is 10.0 Å². The molecule has 24 heavy (non-hydrogen) atoms. The molecule has 1 saturated heterocycles. The second-order valence-electron chi connectivity index (χ2n) is 7.48. The fourth-order valence-corrected chi connectivity index (χ4v) is 6.02. The number of nitrogens with zero attached hydrogens (tertiary/aromatic N) is 2. The Hall–Kier alpha value is -1.17. The molecule has 0 spiro atoms. The molecule has 1 aromatic rings. The molecule has 5 heteroatoms. The maximum absolute atomic E-state index is 12.6. The van der Waals surface area contributed by atoms with Gasteiger partial charge >= 0.3 is 0 Å². The summed E-state index contributed by atoms with van der Waals surface area (Å²) in [4.78, 5) is 2.47. The number of piperazine rings is 1. The third kappa shape index (κ3) is 3.44. The van der Waals surface area contributed by atoms with E-state index in [0.717, 1.165) is 43.0 Å². The van der Waals surface area contributed by atoms with Gasteiger partial charge in [0.1, 0.15) is 0 Å². The number of hydrogen-bond acceptors (Lipinski definition) is 3. The van der Waals surface area contributed by atoms with Crippen LogP contribution in [0, 0.1) is 17.8 Å². The highest BCUT2D eigenvalue weighted by molar-refractivity contribution is 7.88. The topological polar surface area (TPSA) is 40.6 Å². The van der Waals surface area contributed by atoms with E-state index >= 15 is 0 Å². The van der Waals surface area contributed by atoms with Crippen LogP contribution in [0.15, 0.2) is 42.5 Å². The summed E-state index contributed by atoms with van der Waals surface area (Å²) >= 11 is 0. The van der Waals surface area contributed by atoms with Crippen LogP contribution in [0.4, 0.5) is 0 Å². The Bertz CT molecular complexity index is 693. The smallest absolute Gasteiger partial charge is 0.218 e. The number of fused-ring (bicyclic) bond motifs is 2. The minimum Gasteiger partial charge on any atom is -0.300 e. The lowest BCUT2D eigenvalue weighted by Crippen LogP contribution is -2.50. The first-order valence-electron chi connectivity index (χ1n) is 9.02. The lowest BCUT2D eigenvalue weighted by Gasteiger charge is -2.36. The van der Waals surface area contributed by atoms with E-state index in [0.29, 0.717) is 13.1 Å². The van der Waals surface area contributed by atoms with Crippen molar-refractivity contribution in [3.05, 3.63) is 48.0 Å². The van der Waals surface area contributed by atoms with E-state index in [1.807, 2.05) is 30.3 Å². The molecule has 2 aliphatic carbocycles. The molecule has 4 nitrogen and oxygen atoms in total. The zero-order chi connectivity index (χ0) is 16.6. The molecule has 1 saturated carbocycles. The molecule has 0 unspecified atom stereocenters. The zero-order valence-corrected chi connectivity index (χ0v) is 14.9. The first-order valence-corrected chi connectivity index (χ1v) is 10.6. The normalized spacial score (nSPS) is 30.9. The average Bonchev–Trinajstić information content (AvgIpc) is 3.19. The van der Waals surface area contributed by atoms with Crippen LogP contribution in [0.2, 0.25) is 0 Å². The van der Waals surface area contributed by atoms with Gasteiger partial charge in [0.05, 0.1) is 5.75 Å². The maximum atomic E-state index is 12.6. The van der Waals surface area contributed by atoms with Gasteiger partial charge in [0.15, 0.2) is 0 Å². The van der Waals surface area contributed by atoms with Gasteiger partial charge in [-0.15, -0.1) is 0 Å². The number of sulfonamides is 1. The third-order valence-electron chi connectivity index (χ3n) is 5.83. The third-order valence-corrected chi connectivity index (χ3v) is 7.68. The number of allylic oxidation sites excluding steroid dienone is 2. The first-order chi connectivity index (χ1) is 11.6. The van der Waals surface area contributed by atoms with Crippen molar-refractivity contribution in [2.75, 3.05) is 32.7 Å². The molecule has 0 radical (unpaired) electrons. The van der Waals surface area contributed by atoms with Crippen molar-refractivity contribution in [1.82, 2.24) is 9.21 Å². The quantitative estimate of drug-likeness (QED) is 0.769. The van der Waals surface area contributed by atoms with Crippen LogP contribution in [-0.2, 0) is 15.8 Å². The van der Waals surface area contributed by atoms with Crippen molar-refractivity contribution >= 4 is 10.0 Å². The molecule has 1 aliphatic heterocycles. The number of hydrogen-bond donors (Lipinski definition) is 0. The molecule has 1 heterocycles. The highest BCUT2D eigenvalue weighted by Gasteiger charge is 2.37. The Kier molecular flexibility index (Phi) is 4.50. The van der Waals surface area contributed by atoms with Crippen molar-refractivity contribution in [2.45, 2.75) is 18.6 Å². The predicted molar refractivity (Wildman–Crippen MR) is 95.9 cm³/mol. The van der Waals surface area contributed by atoms with Crippen LogP contribution >= 0.6 is 0 Å². The van der Waals surface area contributed by atoms with Crippen molar-refractivity contribution in [3.63, 3.8) is 0 Å². The Labute approximate surface area is 145 Å². The van der Waals surface area contributed by atoms with E-state index in [-0.39, 0.29) is 5.75 Å². The number of benzene rings is 1. The summed E-state index contributed by atoms with van der Waals surface area (Å²) in [6, 6.07) is 9.48. The van der Waals surface area contributed by atoms with Crippen LogP contribution in [0.1, 0.15) is 18.4 Å². The second-order valence-corrected chi connectivity index (χ2v) is 9.45. The van der Waals surface area contributed by atoms with Gasteiger partial charge in [-0.05, 0) is 36.2 Å². The molecule has 0 aromatic heterocycles. The molecule has 130 valence electrons. The summed E-state index contributed by atoms with van der Waals surface area (Å²) in [6.07, 6.45) is 7.46. The minimum atomic E-state index is -3.20. The van der Waals surface area contributed by atoms with Gasteiger partial charge in [-0.3, -0.25) is 0 Å². The largest absolute Gasteiger partial charge is 0.300 e. The summed E-state index contributed by atoms with van der Waals surface area (Å²) in [5.41, 5.74) is 0.869. The van der Waals surface area contributed by atoms with E-state index in [9.17, 15) is 8.42 Å². The van der Waals surface area contributed by atoms with Crippen LogP contribution in [0.3, 0.4) is 0 Å². The van der Waals surface area contributed by atoms with Crippen molar-refractivity contribution < 1.29 is 8.42 Å². The summed E-state index contributed by atoms with van der Waals surface area (Å²) in [6.45, 7) is 4.13. The molecule has 3 aliphatic rings. The molecule has 1 aromatic carbocycles. The Balaban J connectivity index is 1.30. The fraction of sp³-hybridized carbons (Fsp3) is 0.579. The first kappa shape index (κ1) is 16.3. The molecular formula is C19H26N2O2S. The summed E-state index contributed by atoms with van der Waals surface area (Å²) in [5.74, 6) is 2.49. The summed E-state index contributed by atoms with van der Waals surface area (Å²) in [5, 5.41) is 0. The number of rotatable bonds is 5. The molecule has 3 atom stereocenters. The van der Waals surface area contributed by atoms with Crippen LogP contribution in [-0.4, -0.2) is 50.3 Å². The van der Waals surface area contributed by atoms with Gasteiger partial charge in [0.2, 0.25) is 10.0 Å². The predicted octanol–water partition coefficient (Wildman–Crippen LogP) is 2.35. The summed E-state index contributed by atoms with van der Waals surface area (Å²) in [7, 11) is -3.20. The fourth-order valence-electron chi connectivity index (χ4n) is 4.50. The highest BCUT2D eigenvalue weighted by atomic mass is 32.2. The minimum absolute atomic E-state index is 0.116. The Morgan fingerprint density at radius 3 is 2.33 bits per heavy atom. The Morgan fingerprint density at radius 1 is 0.958 bits per heavy atom. The van der Waals surface area contributed by atoms with E-state index in [4.69, 9.17) is 0 Å². The van der Waals surface area contributed by atoms with Gasteiger partial charge < -0.3 is 4.90 Å². The monoisotopic (exact) mass is 346 g/mol. The van der Waals surface area contributed by atoms with Gasteiger partial charge in [0.25, 0.3) is 0 Å². The molecule has 2 fully saturated rings. The Morgan fingerprint density at radius 2 is 1.71 bits per heavy atom. The highest BCUT2D eigenvalue weighted by Crippen LogP contribution is 2.43. The maximum Gasteiger partial charge on any atom is 0.218 e. The van der Waals surface area contributed by atoms with Crippen molar-refractivity contribution in [2.24, 2.45) is 17.8 Å². The van der Waals surface area contributed by atoms with E-state index in [1.165, 1.54) is 12.8 Å².